The minimum Gasteiger partial charge on any atom is -0.399 e. The highest BCUT2D eigenvalue weighted by atomic mass is 16.1. The van der Waals surface area contributed by atoms with Crippen LogP contribution in [0.1, 0.15) is 12.6 Å². The number of anilines is 1. The summed E-state index contributed by atoms with van der Waals surface area (Å²) in [6.45, 7) is 1.52. The standard InChI is InChI=1S/C17H15N3O/c1-11(21)2-7-15-8-13-9-16(20-17(13)10-19-15)12-3-5-14(18)6-4-12/h2-10,20H,18H2,1H3/b7-2+. The lowest BCUT2D eigenvalue weighted by Gasteiger charge is -1.97. The van der Waals surface area contributed by atoms with Gasteiger partial charge in [0.05, 0.1) is 17.4 Å². The lowest BCUT2D eigenvalue weighted by molar-refractivity contribution is -0.112. The molecule has 0 aliphatic carbocycles. The van der Waals surface area contributed by atoms with E-state index in [1.165, 1.54) is 13.0 Å². The smallest absolute Gasteiger partial charge is 0.152 e. The molecule has 0 unspecified atom stereocenters. The third kappa shape index (κ3) is 2.84. The van der Waals surface area contributed by atoms with Crippen LogP contribution in [-0.2, 0) is 4.79 Å². The number of nitrogens with zero attached hydrogens (tertiary/aromatic N) is 1. The van der Waals surface area contributed by atoms with Gasteiger partial charge in [-0.15, -0.1) is 0 Å². The Morgan fingerprint density at radius 2 is 2.00 bits per heavy atom. The Hall–Kier alpha value is -2.88. The van der Waals surface area contributed by atoms with Crippen LogP contribution in [-0.4, -0.2) is 15.8 Å². The highest BCUT2D eigenvalue weighted by Crippen LogP contribution is 2.25. The maximum absolute atomic E-state index is 11.0. The van der Waals surface area contributed by atoms with Crippen molar-refractivity contribution in [3.8, 4) is 11.3 Å². The summed E-state index contributed by atoms with van der Waals surface area (Å²) in [5.41, 5.74) is 10.3. The number of aromatic nitrogens is 2. The summed E-state index contributed by atoms with van der Waals surface area (Å²) in [6, 6.07) is 11.7. The summed E-state index contributed by atoms with van der Waals surface area (Å²) in [7, 11) is 0. The van der Waals surface area contributed by atoms with Crippen molar-refractivity contribution in [3.05, 3.63) is 54.4 Å². The summed E-state index contributed by atoms with van der Waals surface area (Å²) in [5, 5.41) is 1.06. The summed E-state index contributed by atoms with van der Waals surface area (Å²) in [4.78, 5) is 18.6. The number of H-pyrrole nitrogens is 1. The van der Waals surface area contributed by atoms with E-state index in [2.05, 4.69) is 16.0 Å². The van der Waals surface area contributed by atoms with Crippen molar-refractivity contribution in [3.63, 3.8) is 0 Å². The molecule has 3 aromatic rings. The number of nitrogens with one attached hydrogen (secondary N) is 1. The molecular formula is C17H15N3O. The summed E-state index contributed by atoms with van der Waals surface area (Å²) >= 11 is 0. The number of pyridine rings is 1. The molecule has 3 N–H and O–H groups in total. The SMILES string of the molecule is CC(=O)/C=C/c1cc2cc(-c3ccc(N)cc3)[nH]c2cn1. The normalized spacial score (nSPS) is 11.3. The topological polar surface area (TPSA) is 71.8 Å². The van der Waals surface area contributed by atoms with Gasteiger partial charge < -0.3 is 10.7 Å². The molecular weight excluding hydrogens is 262 g/mol. The fourth-order valence-corrected chi connectivity index (χ4v) is 2.16. The van der Waals surface area contributed by atoms with Gasteiger partial charge in [0.15, 0.2) is 5.78 Å². The highest BCUT2D eigenvalue weighted by molar-refractivity contribution is 5.92. The third-order valence-electron chi connectivity index (χ3n) is 3.24. The minimum absolute atomic E-state index is 0.00790. The zero-order chi connectivity index (χ0) is 14.8. The molecule has 1 aromatic carbocycles. The number of rotatable bonds is 3. The maximum atomic E-state index is 11.0. The fraction of sp³-hybridized carbons (Fsp3) is 0.0588. The second-order valence-corrected chi connectivity index (χ2v) is 4.95. The van der Waals surface area contributed by atoms with Crippen LogP contribution in [0.2, 0.25) is 0 Å². The van der Waals surface area contributed by atoms with E-state index in [1.807, 2.05) is 30.3 Å². The van der Waals surface area contributed by atoms with Crippen LogP contribution in [0, 0.1) is 0 Å². The number of allylic oxidation sites excluding steroid dienone is 1. The van der Waals surface area contributed by atoms with Gasteiger partial charge in [-0.1, -0.05) is 12.1 Å². The van der Waals surface area contributed by atoms with Crippen LogP contribution in [0.15, 0.2) is 48.7 Å². The van der Waals surface area contributed by atoms with E-state index in [4.69, 9.17) is 5.73 Å². The molecule has 0 atom stereocenters. The molecule has 0 bridgehead atoms. The Kier molecular flexibility index (Phi) is 3.28. The number of nitrogen functional groups attached to an aromatic ring is 1. The molecule has 4 heteroatoms. The number of hydrogen-bond acceptors (Lipinski definition) is 3. The van der Waals surface area contributed by atoms with E-state index in [0.717, 1.165) is 33.5 Å². The number of fused-ring (bicyclic) bond motifs is 1. The summed E-state index contributed by atoms with van der Waals surface area (Å²) in [6.07, 6.45) is 5.01. The van der Waals surface area contributed by atoms with Crippen LogP contribution in [0.3, 0.4) is 0 Å². The minimum atomic E-state index is 0.00790. The lowest BCUT2D eigenvalue weighted by Crippen LogP contribution is -1.84. The van der Waals surface area contributed by atoms with Gasteiger partial charge in [0, 0.05) is 16.8 Å². The van der Waals surface area contributed by atoms with Gasteiger partial charge in [-0.25, -0.2) is 0 Å². The van der Waals surface area contributed by atoms with Crippen molar-refractivity contribution in [2.45, 2.75) is 6.92 Å². The van der Waals surface area contributed by atoms with Crippen LogP contribution < -0.4 is 5.73 Å². The molecule has 0 saturated heterocycles. The van der Waals surface area contributed by atoms with Gasteiger partial charge in [0.25, 0.3) is 0 Å². The van der Waals surface area contributed by atoms with Crippen molar-refractivity contribution >= 4 is 28.4 Å². The van der Waals surface area contributed by atoms with E-state index in [-0.39, 0.29) is 5.78 Å². The van der Waals surface area contributed by atoms with Crippen molar-refractivity contribution in [1.29, 1.82) is 0 Å². The molecule has 2 aromatic heterocycles. The first-order valence-electron chi connectivity index (χ1n) is 6.65. The van der Waals surface area contributed by atoms with Gasteiger partial charge in [-0.05, 0) is 48.9 Å². The van der Waals surface area contributed by atoms with Gasteiger partial charge >= 0.3 is 0 Å². The predicted octanol–water partition coefficient (Wildman–Crippen LogP) is 3.41. The van der Waals surface area contributed by atoms with Gasteiger partial charge in [-0.2, -0.15) is 0 Å². The van der Waals surface area contributed by atoms with Crippen molar-refractivity contribution in [1.82, 2.24) is 9.97 Å². The zero-order valence-corrected chi connectivity index (χ0v) is 11.6. The largest absolute Gasteiger partial charge is 0.399 e. The van der Waals surface area contributed by atoms with Gasteiger partial charge in [0.2, 0.25) is 0 Å². The molecule has 0 radical (unpaired) electrons. The molecule has 0 fully saturated rings. The number of hydrogen-bond donors (Lipinski definition) is 2. The number of ketones is 1. The Balaban J connectivity index is 2.00. The third-order valence-corrected chi connectivity index (χ3v) is 3.24. The predicted molar refractivity (Wildman–Crippen MR) is 85.7 cm³/mol. The quantitative estimate of drug-likeness (QED) is 0.569. The summed E-state index contributed by atoms with van der Waals surface area (Å²) in [5.74, 6) is 0.00790. The van der Waals surface area contributed by atoms with Crippen molar-refractivity contribution in [2.75, 3.05) is 5.73 Å². The number of carbonyl (C=O) groups is 1. The van der Waals surface area contributed by atoms with Gasteiger partial charge in [0.1, 0.15) is 0 Å². The monoisotopic (exact) mass is 277 g/mol. The van der Waals surface area contributed by atoms with Crippen LogP contribution in [0.25, 0.3) is 28.2 Å². The van der Waals surface area contributed by atoms with Crippen LogP contribution in [0.4, 0.5) is 5.69 Å². The maximum Gasteiger partial charge on any atom is 0.152 e. The zero-order valence-electron chi connectivity index (χ0n) is 11.6. The molecule has 3 rings (SSSR count). The van der Waals surface area contributed by atoms with Crippen LogP contribution >= 0.6 is 0 Å². The molecule has 0 spiro atoms. The number of carbonyl (C=O) groups excluding carboxylic acids is 1. The first-order chi connectivity index (χ1) is 10.1. The second kappa shape index (κ2) is 5.25. The highest BCUT2D eigenvalue weighted by Gasteiger charge is 2.04. The van der Waals surface area contributed by atoms with E-state index < -0.39 is 0 Å². The van der Waals surface area contributed by atoms with Crippen LogP contribution in [0.5, 0.6) is 0 Å². The van der Waals surface area contributed by atoms with Crippen molar-refractivity contribution < 1.29 is 4.79 Å². The average molecular weight is 277 g/mol. The molecule has 0 saturated carbocycles. The number of nitrogens with two attached hydrogens (primary N) is 1. The first kappa shape index (κ1) is 13.1. The molecule has 4 nitrogen and oxygen atoms in total. The molecule has 21 heavy (non-hydrogen) atoms. The second-order valence-electron chi connectivity index (χ2n) is 4.95. The Labute approximate surface area is 122 Å². The van der Waals surface area contributed by atoms with Crippen molar-refractivity contribution in [2.24, 2.45) is 0 Å². The lowest BCUT2D eigenvalue weighted by atomic mass is 10.1. The van der Waals surface area contributed by atoms with E-state index in [0.29, 0.717) is 0 Å². The summed E-state index contributed by atoms with van der Waals surface area (Å²) < 4.78 is 0. The average Bonchev–Trinajstić information content (AvgIpc) is 2.88. The molecule has 0 amide bonds. The molecule has 0 aliphatic rings. The number of benzene rings is 1. The molecule has 0 aliphatic heterocycles. The Morgan fingerprint density at radius 3 is 2.71 bits per heavy atom. The molecule has 104 valence electrons. The fourth-order valence-electron chi connectivity index (χ4n) is 2.16. The molecule has 2 heterocycles. The van der Waals surface area contributed by atoms with E-state index in [9.17, 15) is 4.79 Å². The Morgan fingerprint density at radius 1 is 1.24 bits per heavy atom. The van der Waals surface area contributed by atoms with E-state index >= 15 is 0 Å². The first-order valence-corrected chi connectivity index (χ1v) is 6.65. The van der Waals surface area contributed by atoms with E-state index in [1.54, 1.807) is 12.3 Å². The van der Waals surface area contributed by atoms with Gasteiger partial charge in [-0.3, -0.25) is 9.78 Å². The number of aromatic amines is 1. The Bertz CT molecular complexity index is 829.